The van der Waals surface area contributed by atoms with Gasteiger partial charge in [0, 0.05) is 11.4 Å². The normalized spacial score (nSPS) is 11.9. The molecule has 4 heteroatoms. The van der Waals surface area contributed by atoms with Gasteiger partial charge in [0.05, 0.1) is 13.0 Å². The van der Waals surface area contributed by atoms with Crippen LogP contribution in [0.25, 0.3) is 0 Å². The van der Waals surface area contributed by atoms with Crippen molar-refractivity contribution in [2.75, 3.05) is 13.2 Å². The van der Waals surface area contributed by atoms with E-state index in [2.05, 4.69) is 28.2 Å². The lowest BCUT2D eigenvalue weighted by Crippen LogP contribution is -2.27. The minimum absolute atomic E-state index is 0.0433. The van der Waals surface area contributed by atoms with E-state index in [9.17, 15) is 4.79 Å². The van der Waals surface area contributed by atoms with Gasteiger partial charge in [0.2, 0.25) is 5.91 Å². The second kappa shape index (κ2) is 8.97. The maximum absolute atomic E-state index is 11.5. The highest BCUT2D eigenvalue weighted by molar-refractivity contribution is 9.09. The highest BCUT2D eigenvalue weighted by Gasteiger charge is 2.04. The second-order valence-electron chi connectivity index (χ2n) is 4.06. The van der Waals surface area contributed by atoms with E-state index in [0.29, 0.717) is 24.4 Å². The Morgan fingerprint density at radius 2 is 2.11 bits per heavy atom. The number of amides is 1. The van der Waals surface area contributed by atoms with Crippen molar-refractivity contribution in [3.8, 4) is 5.75 Å². The molecule has 1 aromatic rings. The first-order chi connectivity index (χ1) is 8.72. The second-order valence-corrected chi connectivity index (χ2v) is 5.35. The molecule has 1 amide bonds. The van der Waals surface area contributed by atoms with Gasteiger partial charge in [-0.25, -0.2) is 0 Å². The number of carbonyl (C=O) groups excluding carboxylic acids is 1. The van der Waals surface area contributed by atoms with Gasteiger partial charge >= 0.3 is 0 Å². The number of carbonyl (C=O) groups is 1. The summed E-state index contributed by atoms with van der Waals surface area (Å²) < 4.78 is 5.46. The fourth-order valence-electron chi connectivity index (χ4n) is 1.44. The van der Waals surface area contributed by atoms with Gasteiger partial charge < -0.3 is 10.1 Å². The molecule has 0 aliphatic heterocycles. The lowest BCUT2D eigenvalue weighted by molar-refractivity contribution is -0.121. The van der Waals surface area contributed by atoms with Crippen LogP contribution in [0.3, 0.4) is 0 Å². The Bertz CT molecular complexity index is 343. The van der Waals surface area contributed by atoms with Gasteiger partial charge in [-0.1, -0.05) is 41.1 Å². The molecule has 18 heavy (non-hydrogen) atoms. The standard InChI is InChI=1S/C14H20BrNO2/c1-2-12(15)8-10-16-14(17)9-11-18-13-6-4-3-5-7-13/h3-7,12H,2,8-11H2,1H3,(H,16,17). The number of rotatable bonds is 8. The van der Waals surface area contributed by atoms with Crippen LogP contribution in [0, 0.1) is 0 Å². The third-order valence-corrected chi connectivity index (χ3v) is 3.67. The van der Waals surface area contributed by atoms with Gasteiger partial charge in [-0.15, -0.1) is 0 Å². The number of benzene rings is 1. The number of halogens is 1. The predicted molar refractivity (Wildman–Crippen MR) is 77.2 cm³/mol. The summed E-state index contributed by atoms with van der Waals surface area (Å²) in [6, 6.07) is 9.53. The van der Waals surface area contributed by atoms with E-state index in [1.54, 1.807) is 0 Å². The third kappa shape index (κ3) is 6.64. The van der Waals surface area contributed by atoms with Gasteiger partial charge in [0.1, 0.15) is 5.75 Å². The zero-order chi connectivity index (χ0) is 13.2. The highest BCUT2D eigenvalue weighted by atomic mass is 79.9. The SMILES string of the molecule is CCC(Br)CCNC(=O)CCOc1ccccc1. The van der Waals surface area contributed by atoms with Crippen LogP contribution in [0.2, 0.25) is 0 Å². The number of hydrogen-bond donors (Lipinski definition) is 1. The topological polar surface area (TPSA) is 38.3 Å². The zero-order valence-corrected chi connectivity index (χ0v) is 12.3. The third-order valence-electron chi connectivity index (χ3n) is 2.56. The molecule has 0 saturated carbocycles. The Kier molecular flexibility index (Phi) is 7.49. The molecule has 0 heterocycles. The van der Waals surface area contributed by atoms with E-state index in [0.717, 1.165) is 18.6 Å². The van der Waals surface area contributed by atoms with Crippen LogP contribution < -0.4 is 10.1 Å². The molecule has 0 saturated heterocycles. The van der Waals surface area contributed by atoms with Crippen molar-refractivity contribution in [3.05, 3.63) is 30.3 Å². The molecule has 1 aromatic carbocycles. The van der Waals surface area contributed by atoms with Crippen molar-refractivity contribution >= 4 is 21.8 Å². The summed E-state index contributed by atoms with van der Waals surface area (Å²) in [6.45, 7) is 3.25. The average molecular weight is 314 g/mol. The van der Waals surface area contributed by atoms with Crippen LogP contribution in [0.15, 0.2) is 30.3 Å². The van der Waals surface area contributed by atoms with Gasteiger partial charge in [0.15, 0.2) is 0 Å². The summed E-state index contributed by atoms with van der Waals surface area (Å²) >= 11 is 3.53. The summed E-state index contributed by atoms with van der Waals surface area (Å²) in [5, 5.41) is 2.89. The smallest absolute Gasteiger partial charge is 0.223 e. The van der Waals surface area contributed by atoms with Crippen LogP contribution in [0.4, 0.5) is 0 Å². The molecule has 1 atom stereocenters. The quantitative estimate of drug-likeness (QED) is 0.749. The Labute approximate surface area is 117 Å². The Hall–Kier alpha value is -1.03. The minimum Gasteiger partial charge on any atom is -0.493 e. The van der Waals surface area contributed by atoms with E-state index >= 15 is 0 Å². The van der Waals surface area contributed by atoms with E-state index in [-0.39, 0.29) is 5.91 Å². The summed E-state index contributed by atoms with van der Waals surface area (Å²) in [7, 11) is 0. The van der Waals surface area contributed by atoms with E-state index in [4.69, 9.17) is 4.74 Å². The molecular weight excluding hydrogens is 294 g/mol. The van der Waals surface area contributed by atoms with Gasteiger partial charge in [-0.3, -0.25) is 4.79 Å². The monoisotopic (exact) mass is 313 g/mol. The van der Waals surface area contributed by atoms with Crippen molar-refractivity contribution in [2.45, 2.75) is 31.0 Å². The van der Waals surface area contributed by atoms with Crippen molar-refractivity contribution in [1.29, 1.82) is 0 Å². The molecule has 1 unspecified atom stereocenters. The molecular formula is C14H20BrNO2. The van der Waals surface area contributed by atoms with Crippen LogP contribution >= 0.6 is 15.9 Å². The Morgan fingerprint density at radius 1 is 1.39 bits per heavy atom. The van der Waals surface area contributed by atoms with Gasteiger partial charge in [-0.2, -0.15) is 0 Å². The fraction of sp³-hybridized carbons (Fsp3) is 0.500. The van der Waals surface area contributed by atoms with Crippen molar-refractivity contribution < 1.29 is 9.53 Å². The molecule has 100 valence electrons. The van der Waals surface area contributed by atoms with Crippen molar-refractivity contribution in [2.24, 2.45) is 0 Å². The van der Waals surface area contributed by atoms with Crippen molar-refractivity contribution in [3.63, 3.8) is 0 Å². The maximum atomic E-state index is 11.5. The number of alkyl halides is 1. The van der Waals surface area contributed by atoms with Crippen LogP contribution in [0.5, 0.6) is 5.75 Å². The summed E-state index contributed by atoms with van der Waals surface area (Å²) in [4.78, 5) is 12.0. The Morgan fingerprint density at radius 3 is 2.78 bits per heavy atom. The number of para-hydroxylation sites is 1. The average Bonchev–Trinajstić information content (AvgIpc) is 2.39. The molecule has 0 aliphatic rings. The fourth-order valence-corrected chi connectivity index (χ4v) is 1.67. The van der Waals surface area contributed by atoms with E-state index in [1.165, 1.54) is 0 Å². The van der Waals surface area contributed by atoms with Crippen molar-refractivity contribution in [1.82, 2.24) is 5.32 Å². The first-order valence-corrected chi connectivity index (χ1v) is 7.22. The van der Waals surface area contributed by atoms with Crippen LogP contribution in [-0.2, 0) is 4.79 Å². The molecule has 0 spiro atoms. The predicted octanol–water partition coefficient (Wildman–Crippen LogP) is 3.14. The highest BCUT2D eigenvalue weighted by Crippen LogP contribution is 2.09. The molecule has 0 aliphatic carbocycles. The minimum atomic E-state index is 0.0433. The van der Waals surface area contributed by atoms with Gasteiger partial charge in [0.25, 0.3) is 0 Å². The molecule has 0 bridgehead atoms. The summed E-state index contributed by atoms with van der Waals surface area (Å²) in [5.74, 6) is 0.846. The van der Waals surface area contributed by atoms with Gasteiger partial charge in [-0.05, 0) is 25.0 Å². The zero-order valence-electron chi connectivity index (χ0n) is 10.7. The number of nitrogens with one attached hydrogen (secondary N) is 1. The van der Waals surface area contributed by atoms with Crippen LogP contribution in [0.1, 0.15) is 26.2 Å². The first-order valence-electron chi connectivity index (χ1n) is 6.31. The molecule has 0 aromatic heterocycles. The molecule has 0 radical (unpaired) electrons. The molecule has 0 fully saturated rings. The van der Waals surface area contributed by atoms with E-state index < -0.39 is 0 Å². The molecule has 1 rings (SSSR count). The summed E-state index contributed by atoms with van der Waals surface area (Å²) in [6.07, 6.45) is 2.43. The van der Waals surface area contributed by atoms with Crippen LogP contribution in [-0.4, -0.2) is 23.9 Å². The maximum Gasteiger partial charge on any atom is 0.223 e. The largest absolute Gasteiger partial charge is 0.493 e. The molecule has 3 nitrogen and oxygen atoms in total. The lowest BCUT2D eigenvalue weighted by Gasteiger charge is -2.09. The molecule has 1 N–H and O–H groups in total. The first kappa shape index (κ1) is 15.0. The Balaban J connectivity index is 2.07. The summed E-state index contributed by atoms with van der Waals surface area (Å²) in [5.41, 5.74) is 0. The van der Waals surface area contributed by atoms with E-state index in [1.807, 2.05) is 30.3 Å². The number of hydrogen-bond acceptors (Lipinski definition) is 2. The lowest BCUT2D eigenvalue weighted by atomic mass is 10.2. The number of ether oxygens (including phenoxy) is 1.